The van der Waals surface area contributed by atoms with Gasteiger partial charge in [-0.2, -0.15) is 0 Å². The molecule has 2 aromatic rings. The largest absolute Gasteiger partial charge is 0.228 e. The average molecular weight is 337 g/mol. The summed E-state index contributed by atoms with van der Waals surface area (Å²) in [6.07, 6.45) is 1.87. The van der Waals surface area contributed by atoms with Gasteiger partial charge in [0.15, 0.2) is 9.84 Å². The molecule has 0 unspecified atom stereocenters. The van der Waals surface area contributed by atoms with Crippen LogP contribution in [0.2, 0.25) is 5.02 Å². The molecule has 0 saturated carbocycles. The van der Waals surface area contributed by atoms with Crippen LogP contribution in [-0.4, -0.2) is 13.7 Å². The SMILES string of the molecule is CC(C)S(=O)(=O)Cc1ccc(CCc2ccc(Cl)cc2)cc1. The topological polar surface area (TPSA) is 34.1 Å². The molecular weight excluding hydrogens is 316 g/mol. The van der Waals surface area contributed by atoms with Crippen LogP contribution in [0.15, 0.2) is 48.5 Å². The molecule has 0 atom stereocenters. The number of aryl methyl sites for hydroxylation is 2. The summed E-state index contributed by atoms with van der Waals surface area (Å²) in [5.41, 5.74) is 3.31. The van der Waals surface area contributed by atoms with Crippen molar-refractivity contribution in [2.24, 2.45) is 0 Å². The predicted octanol–water partition coefficient (Wildman–Crippen LogP) is 4.45. The van der Waals surface area contributed by atoms with Gasteiger partial charge in [-0.15, -0.1) is 0 Å². The van der Waals surface area contributed by atoms with Gasteiger partial charge in [0.05, 0.1) is 11.0 Å². The van der Waals surface area contributed by atoms with Gasteiger partial charge in [0, 0.05) is 5.02 Å². The Morgan fingerprint density at radius 2 is 1.23 bits per heavy atom. The van der Waals surface area contributed by atoms with E-state index < -0.39 is 9.84 Å². The summed E-state index contributed by atoms with van der Waals surface area (Å²) in [6.45, 7) is 3.44. The van der Waals surface area contributed by atoms with Gasteiger partial charge in [-0.05, 0) is 55.5 Å². The molecule has 2 rings (SSSR count). The van der Waals surface area contributed by atoms with Crippen molar-refractivity contribution in [2.75, 3.05) is 0 Å². The van der Waals surface area contributed by atoms with Gasteiger partial charge in [0.1, 0.15) is 0 Å². The Kier molecular flexibility index (Phi) is 5.65. The maximum atomic E-state index is 11.9. The number of hydrogen-bond acceptors (Lipinski definition) is 2. The molecule has 0 aromatic heterocycles. The van der Waals surface area contributed by atoms with Crippen LogP contribution in [0.1, 0.15) is 30.5 Å². The third-order valence-corrected chi connectivity index (χ3v) is 6.15. The minimum atomic E-state index is -3.04. The van der Waals surface area contributed by atoms with Crippen LogP contribution in [0.25, 0.3) is 0 Å². The van der Waals surface area contributed by atoms with Gasteiger partial charge < -0.3 is 0 Å². The maximum absolute atomic E-state index is 11.9. The fourth-order valence-electron chi connectivity index (χ4n) is 2.14. The van der Waals surface area contributed by atoms with E-state index in [0.29, 0.717) is 0 Å². The van der Waals surface area contributed by atoms with Crippen LogP contribution in [0.5, 0.6) is 0 Å². The summed E-state index contributed by atoms with van der Waals surface area (Å²) >= 11 is 5.87. The van der Waals surface area contributed by atoms with Crippen LogP contribution < -0.4 is 0 Å². The number of benzene rings is 2. The molecule has 0 heterocycles. The van der Waals surface area contributed by atoms with Gasteiger partial charge in [-0.25, -0.2) is 8.42 Å². The maximum Gasteiger partial charge on any atom is 0.156 e. The van der Waals surface area contributed by atoms with Crippen molar-refractivity contribution in [1.29, 1.82) is 0 Å². The molecule has 0 aliphatic rings. The van der Waals surface area contributed by atoms with E-state index in [1.807, 2.05) is 48.5 Å². The molecule has 4 heteroatoms. The zero-order valence-corrected chi connectivity index (χ0v) is 14.5. The van der Waals surface area contributed by atoms with Gasteiger partial charge in [0.25, 0.3) is 0 Å². The minimum Gasteiger partial charge on any atom is -0.228 e. The second kappa shape index (κ2) is 7.30. The summed E-state index contributed by atoms with van der Waals surface area (Å²) in [6, 6.07) is 15.7. The first-order valence-electron chi connectivity index (χ1n) is 7.40. The first kappa shape index (κ1) is 17.0. The number of rotatable bonds is 6. The smallest absolute Gasteiger partial charge is 0.156 e. The van der Waals surface area contributed by atoms with E-state index in [0.717, 1.165) is 23.4 Å². The van der Waals surface area contributed by atoms with Crippen molar-refractivity contribution in [3.8, 4) is 0 Å². The standard InChI is InChI=1S/C18H21ClO2S/c1-14(2)22(20,21)13-17-7-5-15(6-8-17)3-4-16-9-11-18(19)12-10-16/h5-12,14H,3-4,13H2,1-2H3. The quantitative estimate of drug-likeness (QED) is 0.781. The molecule has 0 radical (unpaired) electrons. The summed E-state index contributed by atoms with van der Waals surface area (Å²) < 4.78 is 23.8. The van der Waals surface area contributed by atoms with Crippen LogP contribution in [0.4, 0.5) is 0 Å². The van der Waals surface area contributed by atoms with Crippen LogP contribution in [-0.2, 0) is 28.4 Å². The molecule has 22 heavy (non-hydrogen) atoms. The van der Waals surface area contributed by atoms with E-state index in [1.54, 1.807) is 13.8 Å². The molecule has 0 saturated heterocycles. The highest BCUT2D eigenvalue weighted by atomic mass is 35.5. The molecule has 0 aliphatic carbocycles. The van der Waals surface area contributed by atoms with E-state index in [9.17, 15) is 8.42 Å². The predicted molar refractivity (Wildman–Crippen MR) is 93.1 cm³/mol. The van der Waals surface area contributed by atoms with Crippen LogP contribution in [0.3, 0.4) is 0 Å². The molecule has 0 aliphatic heterocycles. The van der Waals surface area contributed by atoms with Crippen LogP contribution in [0, 0.1) is 0 Å². The molecular formula is C18H21ClO2S. The van der Waals surface area contributed by atoms with E-state index in [1.165, 1.54) is 11.1 Å². The van der Waals surface area contributed by atoms with Crippen molar-refractivity contribution >= 4 is 21.4 Å². The fraction of sp³-hybridized carbons (Fsp3) is 0.333. The summed E-state index contributed by atoms with van der Waals surface area (Å²) in [5, 5.41) is 0.413. The Morgan fingerprint density at radius 3 is 1.68 bits per heavy atom. The molecule has 0 fully saturated rings. The van der Waals surface area contributed by atoms with Crippen LogP contribution >= 0.6 is 11.6 Å². The average Bonchev–Trinajstić information content (AvgIpc) is 2.48. The van der Waals surface area contributed by atoms with Crippen molar-refractivity contribution in [2.45, 2.75) is 37.7 Å². The number of sulfone groups is 1. The highest BCUT2D eigenvalue weighted by Crippen LogP contribution is 2.15. The highest BCUT2D eigenvalue weighted by Gasteiger charge is 2.16. The second-order valence-electron chi connectivity index (χ2n) is 5.80. The second-order valence-corrected chi connectivity index (χ2v) is 8.79. The third-order valence-electron chi connectivity index (χ3n) is 3.72. The lowest BCUT2D eigenvalue weighted by atomic mass is 10.0. The molecule has 0 amide bonds. The lowest BCUT2D eigenvalue weighted by molar-refractivity contribution is 0.586. The summed E-state index contributed by atoms with van der Waals surface area (Å²) in [5.74, 6) is 0.113. The van der Waals surface area contributed by atoms with E-state index in [4.69, 9.17) is 11.6 Å². The molecule has 0 spiro atoms. The molecule has 0 N–H and O–H groups in total. The first-order valence-corrected chi connectivity index (χ1v) is 9.50. The van der Waals surface area contributed by atoms with Crippen molar-refractivity contribution in [3.05, 3.63) is 70.2 Å². The van der Waals surface area contributed by atoms with Crippen molar-refractivity contribution in [1.82, 2.24) is 0 Å². The Hall–Kier alpha value is -1.32. The van der Waals surface area contributed by atoms with Gasteiger partial charge >= 0.3 is 0 Å². The number of hydrogen-bond donors (Lipinski definition) is 0. The Balaban J connectivity index is 1.96. The first-order chi connectivity index (χ1) is 10.4. The minimum absolute atomic E-state index is 0.113. The monoisotopic (exact) mass is 336 g/mol. The normalized spacial score (nSPS) is 11.8. The zero-order chi connectivity index (χ0) is 16.2. The summed E-state index contributed by atoms with van der Waals surface area (Å²) in [7, 11) is -3.04. The Morgan fingerprint density at radius 1 is 0.818 bits per heavy atom. The molecule has 118 valence electrons. The van der Waals surface area contributed by atoms with E-state index >= 15 is 0 Å². The Labute approximate surface area is 138 Å². The van der Waals surface area contributed by atoms with E-state index in [-0.39, 0.29) is 11.0 Å². The van der Waals surface area contributed by atoms with Gasteiger partial charge in [-0.3, -0.25) is 0 Å². The zero-order valence-electron chi connectivity index (χ0n) is 12.9. The highest BCUT2D eigenvalue weighted by molar-refractivity contribution is 7.91. The van der Waals surface area contributed by atoms with Gasteiger partial charge in [-0.1, -0.05) is 48.0 Å². The Bertz CT molecular complexity index is 702. The van der Waals surface area contributed by atoms with Crippen molar-refractivity contribution in [3.63, 3.8) is 0 Å². The lowest BCUT2D eigenvalue weighted by Crippen LogP contribution is -2.15. The summed E-state index contributed by atoms with van der Waals surface area (Å²) in [4.78, 5) is 0. The lowest BCUT2D eigenvalue weighted by Gasteiger charge is -2.08. The third kappa shape index (κ3) is 4.85. The molecule has 0 bridgehead atoms. The molecule has 2 aromatic carbocycles. The van der Waals surface area contributed by atoms with Gasteiger partial charge in [0.2, 0.25) is 0 Å². The van der Waals surface area contributed by atoms with E-state index in [2.05, 4.69) is 0 Å². The fourth-order valence-corrected chi connectivity index (χ4v) is 3.26. The van der Waals surface area contributed by atoms with Crippen molar-refractivity contribution < 1.29 is 8.42 Å². The number of halogens is 1. The molecule has 2 nitrogen and oxygen atoms in total.